The zero-order valence-electron chi connectivity index (χ0n) is 12.0. The molecule has 0 saturated carbocycles. The van der Waals surface area contributed by atoms with Gasteiger partial charge in [0.2, 0.25) is 0 Å². The van der Waals surface area contributed by atoms with E-state index in [2.05, 4.69) is 41.7 Å². The van der Waals surface area contributed by atoms with Crippen LogP contribution < -0.4 is 0 Å². The summed E-state index contributed by atoms with van der Waals surface area (Å²) >= 11 is 3.37. The van der Waals surface area contributed by atoms with Crippen LogP contribution in [0.25, 0.3) is 0 Å². The second-order valence-corrected chi connectivity index (χ2v) is 6.85. The molecule has 104 valence electrons. The van der Waals surface area contributed by atoms with Crippen molar-refractivity contribution < 1.29 is 4.79 Å². The number of carbonyl (C=O) groups excluding carboxylic acids is 1. The number of halogens is 1. The number of pyridine rings is 1. The summed E-state index contributed by atoms with van der Waals surface area (Å²) in [5.41, 5.74) is 3.01. The number of rotatable bonds is 3. The Morgan fingerprint density at radius 2 is 1.80 bits per heavy atom. The molecule has 0 unspecified atom stereocenters. The van der Waals surface area contributed by atoms with Gasteiger partial charge in [-0.15, -0.1) is 0 Å². The van der Waals surface area contributed by atoms with Gasteiger partial charge >= 0.3 is 0 Å². The Bertz CT molecular complexity index is 612. The van der Waals surface area contributed by atoms with Crippen molar-refractivity contribution in [3.8, 4) is 0 Å². The summed E-state index contributed by atoms with van der Waals surface area (Å²) in [6, 6.07) is 9.82. The van der Waals surface area contributed by atoms with Gasteiger partial charge in [-0.2, -0.15) is 0 Å². The average molecular weight is 332 g/mol. The Kier molecular flexibility index (Phi) is 4.39. The fraction of sp³-hybridized carbons (Fsp3) is 0.294. The zero-order chi connectivity index (χ0) is 14.8. The summed E-state index contributed by atoms with van der Waals surface area (Å²) in [7, 11) is 0. The van der Waals surface area contributed by atoms with E-state index in [1.165, 1.54) is 5.56 Å². The summed E-state index contributed by atoms with van der Waals surface area (Å²) in [4.78, 5) is 16.3. The maximum atomic E-state index is 12.2. The lowest BCUT2D eigenvalue weighted by Gasteiger charge is -2.19. The highest BCUT2D eigenvalue weighted by atomic mass is 79.9. The molecule has 1 heterocycles. The van der Waals surface area contributed by atoms with Gasteiger partial charge in [0, 0.05) is 28.9 Å². The third kappa shape index (κ3) is 3.76. The molecule has 0 spiro atoms. The number of benzene rings is 1. The molecule has 0 amide bonds. The van der Waals surface area contributed by atoms with Crippen LogP contribution in [0.2, 0.25) is 0 Å². The summed E-state index contributed by atoms with van der Waals surface area (Å²) in [6.07, 6.45) is 3.82. The molecule has 0 fully saturated rings. The van der Waals surface area contributed by atoms with Crippen molar-refractivity contribution in [3.05, 3.63) is 63.9 Å². The zero-order valence-corrected chi connectivity index (χ0v) is 13.6. The Labute approximate surface area is 128 Å². The predicted octanol–water partition coefficient (Wildman–Crippen LogP) is 4.57. The predicted molar refractivity (Wildman–Crippen MR) is 85.1 cm³/mol. The van der Waals surface area contributed by atoms with Crippen molar-refractivity contribution >= 4 is 21.7 Å². The molecule has 1 aromatic heterocycles. The maximum absolute atomic E-state index is 12.2. The van der Waals surface area contributed by atoms with E-state index in [4.69, 9.17) is 0 Å². The Morgan fingerprint density at radius 1 is 1.15 bits per heavy atom. The van der Waals surface area contributed by atoms with Crippen molar-refractivity contribution in [1.29, 1.82) is 0 Å². The molecule has 0 aliphatic heterocycles. The monoisotopic (exact) mass is 331 g/mol. The van der Waals surface area contributed by atoms with Gasteiger partial charge < -0.3 is 0 Å². The minimum absolute atomic E-state index is 0.107. The van der Waals surface area contributed by atoms with E-state index in [0.717, 1.165) is 15.6 Å². The molecule has 3 heteroatoms. The quantitative estimate of drug-likeness (QED) is 0.771. The molecule has 1 aromatic carbocycles. The topological polar surface area (TPSA) is 30.0 Å². The highest BCUT2D eigenvalue weighted by molar-refractivity contribution is 9.10. The molecular weight excluding hydrogens is 314 g/mol. The molecule has 0 radical (unpaired) electrons. The van der Waals surface area contributed by atoms with Gasteiger partial charge in [-0.1, -0.05) is 45.0 Å². The second kappa shape index (κ2) is 5.88. The average Bonchev–Trinajstić information content (AvgIpc) is 2.38. The first-order chi connectivity index (χ1) is 9.36. The third-order valence-electron chi connectivity index (χ3n) is 3.20. The van der Waals surface area contributed by atoms with Gasteiger partial charge in [-0.05, 0) is 38.5 Å². The third-order valence-corrected chi connectivity index (χ3v) is 3.63. The lowest BCUT2D eigenvalue weighted by Crippen LogP contribution is -2.11. The number of carbonyl (C=O) groups is 1. The van der Waals surface area contributed by atoms with Gasteiger partial charge in [0.25, 0.3) is 0 Å². The van der Waals surface area contributed by atoms with Crippen LogP contribution in [0.5, 0.6) is 0 Å². The minimum atomic E-state index is 0.107. The number of hydrogen-bond acceptors (Lipinski definition) is 2. The number of aromatic nitrogens is 1. The molecule has 0 bridgehead atoms. The van der Waals surface area contributed by atoms with Crippen molar-refractivity contribution in [2.24, 2.45) is 0 Å². The van der Waals surface area contributed by atoms with Crippen LogP contribution >= 0.6 is 15.9 Å². The van der Waals surface area contributed by atoms with Crippen molar-refractivity contribution in [3.63, 3.8) is 0 Å². The minimum Gasteiger partial charge on any atom is -0.294 e. The Morgan fingerprint density at radius 3 is 2.35 bits per heavy atom. The number of nitrogens with zero attached hydrogens (tertiary/aromatic N) is 1. The highest BCUT2D eigenvalue weighted by Crippen LogP contribution is 2.22. The SMILES string of the molecule is CC(C)(C)c1ccc(C(=O)Cc2cncc(Br)c2)cc1. The molecule has 2 aromatic rings. The first-order valence-corrected chi connectivity index (χ1v) is 7.39. The summed E-state index contributed by atoms with van der Waals surface area (Å²) in [5.74, 6) is 0.116. The number of hydrogen-bond donors (Lipinski definition) is 0. The molecule has 2 rings (SSSR count). The van der Waals surface area contributed by atoms with E-state index in [1.54, 1.807) is 12.4 Å². The lowest BCUT2D eigenvalue weighted by atomic mass is 9.86. The Balaban J connectivity index is 2.14. The van der Waals surface area contributed by atoms with Crippen LogP contribution in [0.1, 0.15) is 42.3 Å². The normalized spacial score (nSPS) is 11.4. The van der Waals surface area contributed by atoms with Crippen molar-refractivity contribution in [2.75, 3.05) is 0 Å². The molecule has 0 atom stereocenters. The van der Waals surface area contributed by atoms with E-state index in [0.29, 0.717) is 6.42 Å². The van der Waals surface area contributed by atoms with Crippen LogP contribution in [0.4, 0.5) is 0 Å². The van der Waals surface area contributed by atoms with Crippen molar-refractivity contribution in [1.82, 2.24) is 4.98 Å². The first kappa shape index (κ1) is 14.9. The fourth-order valence-electron chi connectivity index (χ4n) is 2.00. The van der Waals surface area contributed by atoms with Crippen LogP contribution in [0, 0.1) is 0 Å². The summed E-state index contributed by atoms with van der Waals surface area (Å²) in [5, 5.41) is 0. The molecule has 20 heavy (non-hydrogen) atoms. The van der Waals surface area contributed by atoms with E-state index in [1.807, 2.05) is 30.3 Å². The molecule has 0 aliphatic rings. The smallest absolute Gasteiger partial charge is 0.167 e. The van der Waals surface area contributed by atoms with Gasteiger partial charge in [0.15, 0.2) is 5.78 Å². The molecule has 0 saturated heterocycles. The first-order valence-electron chi connectivity index (χ1n) is 6.59. The molecule has 0 N–H and O–H groups in total. The van der Waals surface area contributed by atoms with Gasteiger partial charge in [-0.25, -0.2) is 0 Å². The largest absolute Gasteiger partial charge is 0.294 e. The standard InChI is InChI=1S/C17H18BrNO/c1-17(2,3)14-6-4-13(5-7-14)16(20)9-12-8-15(18)11-19-10-12/h4-8,10-11H,9H2,1-3H3. The number of Topliss-reactive ketones (excluding diaryl/α,β-unsaturated/α-hetero) is 1. The fourth-order valence-corrected chi connectivity index (χ4v) is 2.41. The van der Waals surface area contributed by atoms with Gasteiger partial charge in [0.1, 0.15) is 0 Å². The van der Waals surface area contributed by atoms with Gasteiger partial charge in [-0.3, -0.25) is 9.78 Å². The van der Waals surface area contributed by atoms with E-state index in [9.17, 15) is 4.79 Å². The summed E-state index contributed by atoms with van der Waals surface area (Å²) in [6.45, 7) is 6.49. The van der Waals surface area contributed by atoms with E-state index < -0.39 is 0 Å². The second-order valence-electron chi connectivity index (χ2n) is 5.94. The van der Waals surface area contributed by atoms with E-state index in [-0.39, 0.29) is 11.2 Å². The van der Waals surface area contributed by atoms with Crippen LogP contribution in [-0.2, 0) is 11.8 Å². The van der Waals surface area contributed by atoms with Crippen LogP contribution in [-0.4, -0.2) is 10.8 Å². The van der Waals surface area contributed by atoms with Crippen LogP contribution in [0.15, 0.2) is 47.2 Å². The Hall–Kier alpha value is -1.48. The van der Waals surface area contributed by atoms with Crippen molar-refractivity contribution in [2.45, 2.75) is 32.6 Å². The lowest BCUT2D eigenvalue weighted by molar-refractivity contribution is 0.0993. The number of ketones is 1. The van der Waals surface area contributed by atoms with Gasteiger partial charge in [0.05, 0.1) is 0 Å². The molecule has 2 nitrogen and oxygen atoms in total. The van der Waals surface area contributed by atoms with E-state index >= 15 is 0 Å². The highest BCUT2D eigenvalue weighted by Gasteiger charge is 2.14. The molecular formula is C17H18BrNO. The maximum Gasteiger partial charge on any atom is 0.167 e. The molecule has 0 aliphatic carbocycles. The van der Waals surface area contributed by atoms with Crippen LogP contribution in [0.3, 0.4) is 0 Å². The summed E-state index contributed by atoms with van der Waals surface area (Å²) < 4.78 is 0.894.